The maximum atomic E-state index is 14.1. The van der Waals surface area contributed by atoms with Gasteiger partial charge >= 0.3 is 23.9 Å². The molecule has 12 N–H and O–H groups in total. The van der Waals surface area contributed by atoms with Crippen LogP contribution in [0.15, 0.2) is 97.3 Å². The number of aromatic carboxylic acids is 1. The average Bonchev–Trinajstić information content (AvgIpc) is 3.36. The molecule has 0 radical (unpaired) electrons. The van der Waals surface area contributed by atoms with Crippen molar-refractivity contribution in [1.82, 2.24) is 47.2 Å². The van der Waals surface area contributed by atoms with Gasteiger partial charge in [-0.3, -0.25) is 53.1 Å². The number of carbonyl (C=O) groups is 11. The third-order valence-electron chi connectivity index (χ3n) is 11.3. The molecule has 7 amide bonds. The molecule has 8 atom stereocenters. The van der Waals surface area contributed by atoms with Gasteiger partial charge in [0.1, 0.15) is 42.3 Å². The highest BCUT2D eigenvalue weighted by Gasteiger charge is 2.36. The van der Waals surface area contributed by atoms with Crippen LogP contribution < -0.4 is 37.2 Å². The van der Waals surface area contributed by atoms with Gasteiger partial charge < -0.3 is 62.8 Å². The highest BCUT2D eigenvalue weighted by atomic mass is 16.4. The third kappa shape index (κ3) is 18.7. The van der Waals surface area contributed by atoms with E-state index in [4.69, 9.17) is 0 Å². The molecule has 25 heteroatoms. The van der Waals surface area contributed by atoms with Crippen LogP contribution in [0.3, 0.4) is 0 Å². The zero-order chi connectivity index (χ0) is 56.2. The highest BCUT2D eigenvalue weighted by molar-refractivity contribution is 6.01. The number of hydrogen-bond donors (Lipinski definition) is 12. The van der Waals surface area contributed by atoms with Crippen molar-refractivity contribution >= 4 is 65.2 Å². The monoisotopic (exact) mass is 1050 g/mol. The van der Waals surface area contributed by atoms with Crippen LogP contribution >= 0.6 is 0 Å². The Morgan fingerprint density at radius 1 is 0.474 bits per heavy atom. The van der Waals surface area contributed by atoms with Crippen LogP contribution in [-0.2, 0) is 56.0 Å². The Bertz CT molecular complexity index is 2760. The molecule has 25 nitrogen and oxygen atoms in total. The van der Waals surface area contributed by atoms with Gasteiger partial charge in [0, 0.05) is 30.8 Å². The smallest absolute Gasteiger partial charge is 0.335 e. The summed E-state index contributed by atoms with van der Waals surface area (Å²) in [5.41, 5.74) is 1.29. The van der Waals surface area contributed by atoms with Gasteiger partial charge in [0.25, 0.3) is 5.91 Å². The van der Waals surface area contributed by atoms with Gasteiger partial charge in [-0.2, -0.15) is 0 Å². The summed E-state index contributed by atoms with van der Waals surface area (Å²) in [5.74, 6) is -13.7. The number of benzene rings is 2. The van der Waals surface area contributed by atoms with Crippen molar-refractivity contribution < 1.29 is 78.3 Å². The first-order chi connectivity index (χ1) is 35.9. The summed E-state index contributed by atoms with van der Waals surface area (Å²) in [5, 5.41) is 65.5. The molecule has 4 aromatic rings. The quantitative estimate of drug-likeness (QED) is 0.0351. The van der Waals surface area contributed by atoms with E-state index in [1.807, 2.05) is 0 Å². The van der Waals surface area contributed by atoms with E-state index >= 15 is 0 Å². The molecule has 0 aliphatic heterocycles. The molecule has 0 aliphatic rings. The van der Waals surface area contributed by atoms with Crippen molar-refractivity contribution in [1.29, 1.82) is 0 Å². The highest BCUT2D eigenvalue weighted by Crippen LogP contribution is 2.18. The number of rotatable bonds is 28. The Kier molecular flexibility index (Phi) is 22.2. The van der Waals surface area contributed by atoms with E-state index in [0.717, 1.165) is 6.92 Å². The largest absolute Gasteiger partial charge is 0.481 e. The lowest BCUT2D eigenvalue weighted by molar-refractivity contribution is -0.143. The molecule has 404 valence electrons. The average molecular weight is 1050 g/mol. The molecule has 0 fully saturated rings. The van der Waals surface area contributed by atoms with E-state index in [-0.39, 0.29) is 47.7 Å². The van der Waals surface area contributed by atoms with Gasteiger partial charge in [0.05, 0.1) is 35.9 Å². The van der Waals surface area contributed by atoms with Gasteiger partial charge in [-0.15, -0.1) is 0 Å². The van der Waals surface area contributed by atoms with E-state index in [2.05, 4.69) is 47.2 Å². The number of pyridine rings is 2. The molecule has 0 aliphatic carbocycles. The summed E-state index contributed by atoms with van der Waals surface area (Å²) in [6.07, 6.45) is -1.64. The fraction of sp³-hybridized carbons (Fsp3) is 0.353. The fourth-order valence-corrected chi connectivity index (χ4v) is 7.38. The lowest BCUT2D eigenvalue weighted by Gasteiger charge is -2.28. The summed E-state index contributed by atoms with van der Waals surface area (Å²) in [4.78, 5) is 151. The van der Waals surface area contributed by atoms with Crippen LogP contribution in [0.2, 0.25) is 0 Å². The van der Waals surface area contributed by atoms with Crippen molar-refractivity contribution in [3.63, 3.8) is 0 Å². The third-order valence-corrected chi connectivity index (χ3v) is 11.3. The molecule has 2 heterocycles. The molecule has 76 heavy (non-hydrogen) atoms. The molecule has 0 saturated carbocycles. The van der Waals surface area contributed by atoms with Crippen LogP contribution in [0.5, 0.6) is 0 Å². The van der Waals surface area contributed by atoms with E-state index in [1.54, 1.807) is 74.5 Å². The second kappa shape index (κ2) is 28.4. The van der Waals surface area contributed by atoms with Crippen LogP contribution in [0.25, 0.3) is 11.4 Å². The van der Waals surface area contributed by atoms with Gasteiger partial charge in [-0.05, 0) is 61.6 Å². The Labute approximate surface area is 434 Å². The zero-order valence-corrected chi connectivity index (χ0v) is 41.6. The van der Waals surface area contributed by atoms with Gasteiger partial charge in [0.2, 0.25) is 35.4 Å². The van der Waals surface area contributed by atoms with Crippen molar-refractivity contribution in [2.75, 3.05) is 0 Å². The molecule has 0 bridgehead atoms. The van der Waals surface area contributed by atoms with Crippen molar-refractivity contribution in [3.8, 4) is 11.4 Å². The second-order valence-electron chi connectivity index (χ2n) is 17.9. The first kappa shape index (κ1) is 59.4. The number of aliphatic hydroxyl groups excluding tert-OH is 1. The van der Waals surface area contributed by atoms with Gasteiger partial charge in [-0.25, -0.2) is 9.59 Å². The number of carboxylic acids is 4. The van der Waals surface area contributed by atoms with E-state index in [1.165, 1.54) is 43.6 Å². The first-order valence-corrected chi connectivity index (χ1v) is 23.6. The minimum atomic E-state index is -1.92. The number of aliphatic hydroxyl groups is 1. The molecule has 0 spiro atoms. The standard InChI is InChI=1S/C51H59N9O16/c1-26(2)19-35(46(69)57-37(24-40(62)63)45(68)54-27(3)43(66)55-38(25-41(64)65)47(70)59-39(51(75)76)21-30-13-9-6-10-14-30)58-49(72)42(28(4)61)60-48(71)36(20-29-11-7-5-8-12-29)56-44(67)31-15-17-52-33(22-31)34-23-32(50(73)74)16-18-53-34/h5-18,22-23,26-28,35-39,42,61H,19-21,24-25H2,1-4H3,(H,54,68)(H,55,66)(H,56,67)(H,57,69)(H,58,72)(H,59,70)(H,60,71)(H,62,63)(H,64,65)(H,73,74)(H,75,76)/t27-,28-,35-,36-,37-,38-,39-,42-/m0/s1. The van der Waals surface area contributed by atoms with Gasteiger partial charge in [0.15, 0.2) is 0 Å². The first-order valence-electron chi connectivity index (χ1n) is 23.6. The maximum absolute atomic E-state index is 14.1. The SMILES string of the molecule is CC(C)C[C@H](NC(=O)[C@@H](NC(=O)[C@H](Cc1ccccc1)NC(=O)c1ccnc(-c2cc(C(=O)O)ccn2)c1)[C@H](C)O)C(=O)N[C@@H](CC(=O)O)C(=O)N[C@@H](C)C(=O)N[C@@H](CC(=O)O)C(=O)N[C@@H](Cc1ccccc1)C(=O)O. The zero-order valence-electron chi connectivity index (χ0n) is 41.6. The van der Waals surface area contributed by atoms with Crippen molar-refractivity contribution in [2.24, 2.45) is 5.92 Å². The second-order valence-corrected chi connectivity index (χ2v) is 17.9. The Morgan fingerprint density at radius 2 is 0.908 bits per heavy atom. The topological polar surface area (TPSA) is 399 Å². The summed E-state index contributed by atoms with van der Waals surface area (Å²) in [6.45, 7) is 5.59. The predicted octanol–water partition coefficient (Wildman–Crippen LogP) is -0.185. The van der Waals surface area contributed by atoms with Crippen LogP contribution in [0.1, 0.15) is 78.8 Å². The lowest BCUT2D eigenvalue weighted by Crippen LogP contribution is -2.61. The minimum Gasteiger partial charge on any atom is -0.481 e. The molecule has 2 aromatic carbocycles. The van der Waals surface area contributed by atoms with Gasteiger partial charge in [-0.1, -0.05) is 74.5 Å². The predicted molar refractivity (Wildman–Crippen MR) is 267 cm³/mol. The molecule has 2 aromatic heterocycles. The summed E-state index contributed by atoms with van der Waals surface area (Å²) in [6, 6.07) is 10.1. The molecular formula is C51H59N9O16. The number of aromatic nitrogens is 2. The lowest BCUT2D eigenvalue weighted by atomic mass is 10.0. The van der Waals surface area contributed by atoms with Crippen molar-refractivity contribution in [3.05, 3.63) is 120 Å². The molecular weight excluding hydrogens is 995 g/mol. The molecule has 4 rings (SSSR count). The van der Waals surface area contributed by atoms with Crippen LogP contribution in [-0.4, -0.2) is 149 Å². The van der Waals surface area contributed by atoms with E-state index in [9.17, 15) is 78.3 Å². The number of nitrogens with one attached hydrogen (secondary N) is 7. The Balaban J connectivity index is 1.48. The summed E-state index contributed by atoms with van der Waals surface area (Å²) < 4.78 is 0. The molecule has 0 unspecified atom stereocenters. The van der Waals surface area contributed by atoms with E-state index in [0.29, 0.717) is 11.1 Å². The number of carbonyl (C=O) groups excluding carboxylic acids is 7. The maximum Gasteiger partial charge on any atom is 0.335 e. The Morgan fingerprint density at radius 3 is 1.39 bits per heavy atom. The minimum absolute atomic E-state index is 0.00487. The van der Waals surface area contributed by atoms with Crippen LogP contribution in [0.4, 0.5) is 0 Å². The Hall–Kier alpha value is -9.13. The number of aliphatic carboxylic acids is 3. The number of carboxylic acid groups (broad SMARTS) is 4. The number of amides is 7. The van der Waals surface area contributed by atoms with Crippen LogP contribution in [0, 0.1) is 5.92 Å². The summed E-state index contributed by atoms with van der Waals surface area (Å²) in [7, 11) is 0. The normalized spacial score (nSPS) is 14.1. The van der Waals surface area contributed by atoms with Crippen molar-refractivity contribution in [2.45, 2.75) is 108 Å². The fourth-order valence-electron chi connectivity index (χ4n) is 7.38. The molecule has 0 saturated heterocycles. The number of nitrogens with zero attached hydrogens (tertiary/aromatic N) is 2. The number of hydrogen-bond acceptors (Lipinski definition) is 14. The van der Waals surface area contributed by atoms with E-state index < -0.39 is 126 Å². The summed E-state index contributed by atoms with van der Waals surface area (Å²) >= 11 is 0.